The fraction of sp³-hybridized carbons (Fsp3) is 0.435. The summed E-state index contributed by atoms with van der Waals surface area (Å²) in [5, 5.41) is 0. The normalized spacial score (nSPS) is 15.8. The number of fused-ring (bicyclic) bond motifs is 1. The quantitative estimate of drug-likeness (QED) is 0.719. The second-order valence-electron chi connectivity index (χ2n) is 8.28. The summed E-state index contributed by atoms with van der Waals surface area (Å²) in [6.45, 7) is 7.08. The van der Waals surface area contributed by atoms with Gasteiger partial charge in [-0.25, -0.2) is 8.42 Å². The van der Waals surface area contributed by atoms with Crippen LogP contribution in [-0.4, -0.2) is 43.2 Å². The predicted molar refractivity (Wildman–Crippen MR) is 115 cm³/mol. The first-order chi connectivity index (χ1) is 13.7. The molecule has 0 aliphatic carbocycles. The van der Waals surface area contributed by atoms with Gasteiger partial charge >= 0.3 is 0 Å². The molecule has 1 aliphatic rings. The molecule has 1 amide bonds. The minimum atomic E-state index is -3.66. The fourth-order valence-electron chi connectivity index (χ4n) is 3.86. The zero-order chi connectivity index (χ0) is 21.2. The zero-order valence-corrected chi connectivity index (χ0v) is 18.4. The molecule has 1 unspecified atom stereocenters. The van der Waals surface area contributed by atoms with E-state index < -0.39 is 10.0 Å². The molecule has 1 heterocycles. The third-order valence-corrected chi connectivity index (χ3v) is 7.45. The maximum atomic E-state index is 13.2. The molecule has 2 aromatic carbocycles. The number of hydrogen-bond acceptors (Lipinski definition) is 3. The standard InChI is InChI=1S/C23H30N2O3S/c1-17(2)14-18(3)24(4)23(26)20-10-7-11-22(15-20)29(27,28)25-13-12-19-8-5-6-9-21(19)16-25/h5-11,15,17-18H,12-14,16H2,1-4H3. The Morgan fingerprint density at radius 1 is 1.07 bits per heavy atom. The van der Waals surface area contributed by atoms with Crippen LogP contribution in [0.5, 0.6) is 0 Å². The van der Waals surface area contributed by atoms with Crippen molar-refractivity contribution in [3.63, 3.8) is 0 Å². The van der Waals surface area contributed by atoms with E-state index in [1.165, 1.54) is 15.9 Å². The molecule has 1 atom stereocenters. The lowest BCUT2D eigenvalue weighted by molar-refractivity contribution is 0.0728. The summed E-state index contributed by atoms with van der Waals surface area (Å²) < 4.78 is 27.9. The van der Waals surface area contributed by atoms with E-state index in [1.807, 2.05) is 31.2 Å². The van der Waals surface area contributed by atoms with Crippen molar-refractivity contribution in [1.82, 2.24) is 9.21 Å². The van der Waals surface area contributed by atoms with Crippen LogP contribution in [0.2, 0.25) is 0 Å². The number of benzene rings is 2. The Bertz CT molecular complexity index is 985. The molecule has 0 saturated heterocycles. The predicted octanol–water partition coefficient (Wildman–Crippen LogP) is 3.94. The number of amides is 1. The maximum absolute atomic E-state index is 13.2. The van der Waals surface area contributed by atoms with Crippen molar-refractivity contribution in [3.05, 3.63) is 65.2 Å². The average molecular weight is 415 g/mol. The summed E-state index contributed by atoms with van der Waals surface area (Å²) in [5.41, 5.74) is 2.64. The second kappa shape index (κ2) is 8.67. The number of sulfonamides is 1. The van der Waals surface area contributed by atoms with Crippen LogP contribution < -0.4 is 0 Å². The minimum Gasteiger partial charge on any atom is -0.339 e. The molecular formula is C23H30N2O3S. The maximum Gasteiger partial charge on any atom is 0.253 e. The van der Waals surface area contributed by atoms with E-state index in [2.05, 4.69) is 13.8 Å². The van der Waals surface area contributed by atoms with E-state index >= 15 is 0 Å². The summed E-state index contributed by atoms with van der Waals surface area (Å²) in [4.78, 5) is 14.8. The summed E-state index contributed by atoms with van der Waals surface area (Å²) >= 11 is 0. The molecule has 1 aliphatic heterocycles. The molecule has 156 valence electrons. The van der Waals surface area contributed by atoms with Crippen LogP contribution in [0.4, 0.5) is 0 Å². The van der Waals surface area contributed by atoms with Crippen molar-refractivity contribution < 1.29 is 13.2 Å². The lowest BCUT2D eigenvalue weighted by atomic mass is 10.0. The molecule has 0 fully saturated rings. The lowest BCUT2D eigenvalue weighted by Gasteiger charge is -2.28. The van der Waals surface area contributed by atoms with Crippen LogP contribution in [-0.2, 0) is 23.0 Å². The first-order valence-electron chi connectivity index (χ1n) is 10.1. The molecule has 5 nitrogen and oxygen atoms in total. The first kappa shape index (κ1) is 21.5. The molecule has 29 heavy (non-hydrogen) atoms. The van der Waals surface area contributed by atoms with E-state index in [9.17, 15) is 13.2 Å². The van der Waals surface area contributed by atoms with Crippen LogP contribution in [0.1, 0.15) is 48.7 Å². The van der Waals surface area contributed by atoms with Gasteiger partial charge in [-0.2, -0.15) is 4.31 Å². The number of hydrogen-bond donors (Lipinski definition) is 0. The van der Waals surface area contributed by atoms with Crippen molar-refractivity contribution in [2.45, 2.75) is 51.1 Å². The van der Waals surface area contributed by atoms with Crippen molar-refractivity contribution >= 4 is 15.9 Å². The van der Waals surface area contributed by atoms with E-state index in [0.717, 1.165) is 12.0 Å². The Kier molecular flexibility index (Phi) is 6.44. The highest BCUT2D eigenvalue weighted by molar-refractivity contribution is 7.89. The Hall–Kier alpha value is -2.18. The van der Waals surface area contributed by atoms with E-state index in [-0.39, 0.29) is 16.8 Å². The van der Waals surface area contributed by atoms with Crippen LogP contribution in [0.25, 0.3) is 0 Å². The molecule has 0 aromatic heterocycles. The smallest absolute Gasteiger partial charge is 0.253 e. The van der Waals surface area contributed by atoms with Crippen LogP contribution >= 0.6 is 0 Å². The summed E-state index contributed by atoms with van der Waals surface area (Å²) in [6, 6.07) is 14.4. The summed E-state index contributed by atoms with van der Waals surface area (Å²) in [5.74, 6) is 0.327. The van der Waals surface area contributed by atoms with Gasteiger partial charge in [0.1, 0.15) is 0 Å². The molecule has 3 rings (SSSR count). The summed E-state index contributed by atoms with van der Waals surface area (Å²) in [7, 11) is -1.89. The second-order valence-corrected chi connectivity index (χ2v) is 10.2. The van der Waals surface area contributed by atoms with Gasteiger partial charge in [0.15, 0.2) is 0 Å². The van der Waals surface area contributed by atoms with Gasteiger partial charge in [-0.15, -0.1) is 0 Å². The highest BCUT2D eigenvalue weighted by atomic mass is 32.2. The largest absolute Gasteiger partial charge is 0.339 e. The zero-order valence-electron chi connectivity index (χ0n) is 17.6. The van der Waals surface area contributed by atoms with Gasteiger partial charge < -0.3 is 4.90 Å². The highest BCUT2D eigenvalue weighted by Gasteiger charge is 2.29. The van der Waals surface area contributed by atoms with Gasteiger partial charge in [0.2, 0.25) is 10.0 Å². The van der Waals surface area contributed by atoms with Crippen LogP contribution in [0, 0.1) is 5.92 Å². The molecule has 0 saturated carbocycles. The average Bonchev–Trinajstić information content (AvgIpc) is 2.71. The lowest BCUT2D eigenvalue weighted by Crippen LogP contribution is -2.37. The summed E-state index contributed by atoms with van der Waals surface area (Å²) in [6.07, 6.45) is 1.59. The van der Waals surface area contributed by atoms with E-state index in [4.69, 9.17) is 0 Å². The number of nitrogens with zero attached hydrogens (tertiary/aromatic N) is 2. The Balaban J connectivity index is 1.82. The van der Waals surface area contributed by atoms with Crippen molar-refractivity contribution in [2.24, 2.45) is 5.92 Å². The molecule has 0 bridgehead atoms. The molecule has 0 spiro atoms. The topological polar surface area (TPSA) is 57.7 Å². The van der Waals surface area contributed by atoms with Crippen molar-refractivity contribution in [3.8, 4) is 0 Å². The van der Waals surface area contributed by atoms with E-state index in [1.54, 1.807) is 30.1 Å². The molecule has 0 N–H and O–H groups in total. The van der Waals surface area contributed by atoms with Crippen LogP contribution in [0.15, 0.2) is 53.4 Å². The Morgan fingerprint density at radius 3 is 2.45 bits per heavy atom. The third-order valence-electron chi connectivity index (χ3n) is 5.61. The monoisotopic (exact) mass is 414 g/mol. The SMILES string of the molecule is CC(C)CC(C)N(C)C(=O)c1cccc(S(=O)(=O)N2CCc3ccccc3C2)c1. The van der Waals surface area contributed by atoms with Crippen LogP contribution in [0.3, 0.4) is 0 Å². The van der Waals surface area contributed by atoms with Gasteiger partial charge in [-0.1, -0.05) is 44.2 Å². The minimum absolute atomic E-state index is 0.0846. The Morgan fingerprint density at radius 2 is 1.76 bits per heavy atom. The van der Waals surface area contributed by atoms with Gasteiger partial charge in [0, 0.05) is 31.7 Å². The number of rotatable bonds is 6. The third kappa shape index (κ3) is 4.70. The highest BCUT2D eigenvalue weighted by Crippen LogP contribution is 2.25. The molecular weight excluding hydrogens is 384 g/mol. The first-order valence-corrected chi connectivity index (χ1v) is 11.6. The van der Waals surface area contributed by atoms with E-state index in [0.29, 0.717) is 31.0 Å². The number of carbonyl (C=O) groups excluding carboxylic acids is 1. The molecule has 2 aromatic rings. The number of carbonyl (C=O) groups is 1. The van der Waals surface area contributed by atoms with Gasteiger partial charge in [0.25, 0.3) is 5.91 Å². The van der Waals surface area contributed by atoms with Crippen molar-refractivity contribution in [1.29, 1.82) is 0 Å². The fourth-order valence-corrected chi connectivity index (χ4v) is 5.32. The molecule has 0 radical (unpaired) electrons. The molecule has 6 heteroatoms. The van der Waals surface area contributed by atoms with Crippen molar-refractivity contribution in [2.75, 3.05) is 13.6 Å². The van der Waals surface area contributed by atoms with Gasteiger partial charge in [-0.3, -0.25) is 4.79 Å². The van der Waals surface area contributed by atoms with Gasteiger partial charge in [-0.05, 0) is 55.0 Å². The van der Waals surface area contributed by atoms with Gasteiger partial charge in [0.05, 0.1) is 4.90 Å². The Labute approximate surface area is 174 Å².